The van der Waals surface area contributed by atoms with Crippen molar-refractivity contribution in [2.24, 2.45) is 5.92 Å². The second kappa shape index (κ2) is 10.2. The fraction of sp³-hybridized carbons (Fsp3) is 0.867. The largest absolute Gasteiger partial charge is 0.396 e. The predicted octanol–water partition coefficient (Wildman–Crippen LogP) is 2.40. The van der Waals surface area contributed by atoms with Crippen LogP contribution in [0, 0.1) is 5.92 Å². The number of Topliss-reactive ketones (excluding diaryl/α,β-unsaturated/α-hetero) is 2. The highest BCUT2D eigenvalue weighted by Crippen LogP contribution is 2.20. The SMILES string of the molecule is C[Si](C)(C)CCCC(C(=O)CCCO)C(=O)CCCO. The molecule has 0 rings (SSSR count). The van der Waals surface area contributed by atoms with Gasteiger partial charge in [-0.05, 0) is 19.3 Å². The molecule has 0 bridgehead atoms. The molecule has 0 aromatic heterocycles. The molecule has 0 aliphatic carbocycles. The summed E-state index contributed by atoms with van der Waals surface area (Å²) in [4.78, 5) is 24.2. The van der Waals surface area contributed by atoms with Gasteiger partial charge >= 0.3 is 0 Å². The normalized spacial score (nSPS) is 11.9. The molecule has 0 fully saturated rings. The molecule has 0 aromatic carbocycles. The molecule has 0 amide bonds. The van der Waals surface area contributed by atoms with Crippen molar-refractivity contribution in [3.05, 3.63) is 0 Å². The molecule has 118 valence electrons. The first-order valence-corrected chi connectivity index (χ1v) is 11.3. The highest BCUT2D eigenvalue weighted by atomic mass is 28.3. The molecule has 0 heterocycles. The van der Waals surface area contributed by atoms with Gasteiger partial charge < -0.3 is 10.2 Å². The monoisotopic (exact) mass is 302 g/mol. The summed E-state index contributed by atoms with van der Waals surface area (Å²) in [5, 5.41) is 17.6. The Morgan fingerprint density at radius 2 is 1.35 bits per heavy atom. The lowest BCUT2D eigenvalue weighted by molar-refractivity contribution is -0.133. The average Bonchev–Trinajstić information content (AvgIpc) is 2.37. The maximum Gasteiger partial charge on any atom is 0.143 e. The van der Waals surface area contributed by atoms with Crippen LogP contribution in [0.25, 0.3) is 0 Å². The molecule has 0 unspecified atom stereocenters. The maximum atomic E-state index is 12.1. The van der Waals surface area contributed by atoms with Crippen molar-refractivity contribution in [3.8, 4) is 0 Å². The lowest BCUT2D eigenvalue weighted by atomic mass is 9.89. The molecule has 0 radical (unpaired) electrons. The number of hydrogen-bond donors (Lipinski definition) is 2. The van der Waals surface area contributed by atoms with Crippen molar-refractivity contribution in [3.63, 3.8) is 0 Å². The van der Waals surface area contributed by atoms with Crippen LogP contribution in [0.2, 0.25) is 25.7 Å². The van der Waals surface area contributed by atoms with E-state index in [-0.39, 0.29) is 37.6 Å². The van der Waals surface area contributed by atoms with E-state index in [0.717, 1.165) is 12.5 Å². The zero-order valence-electron chi connectivity index (χ0n) is 13.2. The minimum Gasteiger partial charge on any atom is -0.396 e. The molecule has 0 atom stereocenters. The van der Waals surface area contributed by atoms with Gasteiger partial charge in [-0.15, -0.1) is 0 Å². The Labute approximate surface area is 123 Å². The van der Waals surface area contributed by atoms with E-state index in [1.807, 2.05) is 0 Å². The smallest absolute Gasteiger partial charge is 0.143 e. The number of aliphatic hydroxyl groups is 2. The van der Waals surface area contributed by atoms with Gasteiger partial charge in [-0.1, -0.05) is 32.1 Å². The summed E-state index contributed by atoms with van der Waals surface area (Å²) in [5.41, 5.74) is 0. The minimum atomic E-state index is -1.15. The Hall–Kier alpha value is -0.523. The number of carbonyl (C=O) groups excluding carboxylic acids is 2. The van der Waals surface area contributed by atoms with Crippen molar-refractivity contribution in [1.82, 2.24) is 0 Å². The van der Waals surface area contributed by atoms with Gasteiger partial charge in [0.1, 0.15) is 11.6 Å². The van der Waals surface area contributed by atoms with Crippen LogP contribution in [0.4, 0.5) is 0 Å². The fourth-order valence-electron chi connectivity index (χ4n) is 2.19. The van der Waals surface area contributed by atoms with E-state index in [0.29, 0.717) is 19.3 Å². The van der Waals surface area contributed by atoms with E-state index >= 15 is 0 Å². The second-order valence-electron chi connectivity index (χ2n) is 6.59. The van der Waals surface area contributed by atoms with Gasteiger partial charge in [-0.2, -0.15) is 0 Å². The first-order valence-electron chi connectivity index (χ1n) is 7.59. The topological polar surface area (TPSA) is 74.6 Å². The molecule has 0 saturated carbocycles. The number of carbonyl (C=O) groups is 2. The van der Waals surface area contributed by atoms with E-state index in [4.69, 9.17) is 10.2 Å². The van der Waals surface area contributed by atoms with Gasteiger partial charge in [0, 0.05) is 34.1 Å². The van der Waals surface area contributed by atoms with Crippen LogP contribution >= 0.6 is 0 Å². The summed E-state index contributed by atoms with van der Waals surface area (Å²) in [6, 6.07) is 1.12. The van der Waals surface area contributed by atoms with Crippen LogP contribution in [0.3, 0.4) is 0 Å². The van der Waals surface area contributed by atoms with Gasteiger partial charge in [0.05, 0.1) is 5.92 Å². The molecule has 4 nitrogen and oxygen atoms in total. The zero-order valence-corrected chi connectivity index (χ0v) is 14.2. The first kappa shape index (κ1) is 19.5. The molecule has 20 heavy (non-hydrogen) atoms. The third-order valence-electron chi connectivity index (χ3n) is 3.36. The third kappa shape index (κ3) is 9.39. The summed E-state index contributed by atoms with van der Waals surface area (Å²) in [5.74, 6) is -0.611. The van der Waals surface area contributed by atoms with Crippen molar-refractivity contribution in [1.29, 1.82) is 0 Å². The Kier molecular flexibility index (Phi) is 9.97. The van der Waals surface area contributed by atoms with E-state index in [1.165, 1.54) is 0 Å². The molecule has 0 spiro atoms. The summed E-state index contributed by atoms with van der Waals surface area (Å²) >= 11 is 0. The number of ketones is 2. The maximum absolute atomic E-state index is 12.1. The Bertz CT molecular complexity index is 277. The Morgan fingerprint density at radius 3 is 1.70 bits per heavy atom. The molecular weight excluding hydrogens is 272 g/mol. The van der Waals surface area contributed by atoms with E-state index in [9.17, 15) is 9.59 Å². The van der Waals surface area contributed by atoms with Crippen LogP contribution in [-0.4, -0.2) is 43.1 Å². The van der Waals surface area contributed by atoms with Crippen LogP contribution in [0.5, 0.6) is 0 Å². The van der Waals surface area contributed by atoms with Crippen molar-refractivity contribution in [2.75, 3.05) is 13.2 Å². The summed E-state index contributed by atoms with van der Waals surface area (Å²) in [6.45, 7) is 6.81. The lowest BCUT2D eigenvalue weighted by Crippen LogP contribution is -2.26. The predicted molar refractivity (Wildman–Crippen MR) is 83.5 cm³/mol. The van der Waals surface area contributed by atoms with E-state index < -0.39 is 14.0 Å². The third-order valence-corrected chi connectivity index (χ3v) is 5.21. The van der Waals surface area contributed by atoms with Crippen LogP contribution in [0.15, 0.2) is 0 Å². The van der Waals surface area contributed by atoms with E-state index in [1.54, 1.807) is 0 Å². The molecule has 0 aromatic rings. The van der Waals surface area contributed by atoms with Gasteiger partial charge in [0.2, 0.25) is 0 Å². The Balaban J connectivity index is 4.45. The van der Waals surface area contributed by atoms with E-state index in [2.05, 4.69) is 19.6 Å². The van der Waals surface area contributed by atoms with Crippen molar-refractivity contribution >= 4 is 19.6 Å². The fourth-order valence-corrected chi connectivity index (χ4v) is 3.46. The standard InChI is InChI=1S/C15H30O4Si/c1-20(2,3)12-6-7-13(14(18)8-4-10-16)15(19)9-5-11-17/h13,16-17H,4-12H2,1-3H3. The molecule has 5 heteroatoms. The molecule has 0 aliphatic heterocycles. The number of hydrogen-bond acceptors (Lipinski definition) is 4. The highest BCUT2D eigenvalue weighted by Gasteiger charge is 2.25. The first-order chi connectivity index (χ1) is 9.31. The van der Waals surface area contributed by atoms with Crippen LogP contribution in [0.1, 0.15) is 38.5 Å². The average molecular weight is 302 g/mol. The zero-order chi connectivity index (χ0) is 15.6. The van der Waals surface area contributed by atoms with Crippen LogP contribution in [-0.2, 0) is 9.59 Å². The van der Waals surface area contributed by atoms with Crippen LogP contribution < -0.4 is 0 Å². The van der Waals surface area contributed by atoms with Gasteiger partial charge in [-0.3, -0.25) is 9.59 Å². The van der Waals surface area contributed by atoms with Crippen molar-refractivity contribution < 1.29 is 19.8 Å². The molecular formula is C15H30O4Si. The molecule has 0 saturated heterocycles. The number of rotatable bonds is 12. The van der Waals surface area contributed by atoms with Gasteiger partial charge in [-0.25, -0.2) is 0 Å². The van der Waals surface area contributed by atoms with Gasteiger partial charge in [0.15, 0.2) is 0 Å². The van der Waals surface area contributed by atoms with Gasteiger partial charge in [0.25, 0.3) is 0 Å². The second-order valence-corrected chi connectivity index (χ2v) is 12.2. The molecule has 2 N–H and O–H groups in total. The minimum absolute atomic E-state index is 0.0157. The quantitative estimate of drug-likeness (QED) is 0.429. The highest BCUT2D eigenvalue weighted by molar-refractivity contribution is 6.76. The number of aliphatic hydroxyl groups excluding tert-OH is 2. The summed E-state index contributed by atoms with van der Waals surface area (Å²) < 4.78 is 0. The molecule has 0 aliphatic rings. The summed E-state index contributed by atoms with van der Waals surface area (Å²) in [7, 11) is -1.15. The van der Waals surface area contributed by atoms with Crippen molar-refractivity contribution in [2.45, 2.75) is 64.2 Å². The Morgan fingerprint density at radius 1 is 0.900 bits per heavy atom. The summed E-state index contributed by atoms with van der Waals surface area (Å²) in [6.07, 6.45) is 2.94. The lowest BCUT2D eigenvalue weighted by Gasteiger charge is -2.18.